The van der Waals surface area contributed by atoms with E-state index in [1.165, 1.54) is 7.11 Å². The van der Waals surface area contributed by atoms with Crippen LogP contribution in [0.1, 0.15) is 41.7 Å². The summed E-state index contributed by atoms with van der Waals surface area (Å²) in [5, 5.41) is 13.8. The zero-order chi connectivity index (χ0) is 18.9. The van der Waals surface area contributed by atoms with Crippen molar-refractivity contribution in [1.82, 2.24) is 5.32 Å². The van der Waals surface area contributed by atoms with Crippen molar-refractivity contribution in [3.8, 4) is 11.5 Å². The van der Waals surface area contributed by atoms with Crippen molar-refractivity contribution < 1.29 is 24.2 Å². The highest BCUT2D eigenvalue weighted by Gasteiger charge is 2.17. The molecule has 0 spiro atoms. The van der Waals surface area contributed by atoms with Crippen molar-refractivity contribution in [3.63, 3.8) is 0 Å². The van der Waals surface area contributed by atoms with Crippen molar-refractivity contribution >= 4 is 11.9 Å². The second-order valence-electron chi connectivity index (χ2n) is 5.75. The number of rotatable bonds is 9. The number of ether oxygens (including phenoxy) is 2. The average molecular weight is 356 g/mol. The summed E-state index contributed by atoms with van der Waals surface area (Å²) in [6.45, 7) is 2.62. The van der Waals surface area contributed by atoms with E-state index in [-0.39, 0.29) is 12.3 Å². The standard InChI is InChI=1S/C20H23NO5/c1-3-11-26-16-9-7-14(8-10-16)18(13-19(22)23)21-20(24)15-5-4-6-17(12-15)25-2/h4-10,12,18H,3,11,13H2,1-2H3,(H,21,24)(H,22,23)/p-1. The van der Waals surface area contributed by atoms with Gasteiger partial charge in [-0.2, -0.15) is 0 Å². The fourth-order valence-electron chi connectivity index (χ4n) is 2.44. The average Bonchev–Trinajstić information content (AvgIpc) is 2.66. The highest BCUT2D eigenvalue weighted by atomic mass is 16.5. The molecule has 0 fully saturated rings. The molecule has 1 atom stereocenters. The quantitative estimate of drug-likeness (QED) is 0.743. The lowest BCUT2D eigenvalue weighted by Crippen LogP contribution is -2.34. The van der Waals surface area contributed by atoms with Gasteiger partial charge in [0.1, 0.15) is 11.5 Å². The van der Waals surface area contributed by atoms with Crippen molar-refractivity contribution in [3.05, 3.63) is 59.7 Å². The third kappa shape index (κ3) is 5.51. The first-order valence-electron chi connectivity index (χ1n) is 8.41. The highest BCUT2D eigenvalue weighted by molar-refractivity contribution is 5.95. The summed E-state index contributed by atoms with van der Waals surface area (Å²) in [5.74, 6) is -0.387. The van der Waals surface area contributed by atoms with Gasteiger partial charge in [0.05, 0.1) is 19.8 Å². The molecule has 1 amide bonds. The summed E-state index contributed by atoms with van der Waals surface area (Å²) >= 11 is 0. The van der Waals surface area contributed by atoms with Crippen LogP contribution in [-0.4, -0.2) is 25.6 Å². The van der Waals surface area contributed by atoms with Crippen molar-refractivity contribution in [2.75, 3.05) is 13.7 Å². The molecule has 2 rings (SSSR count). The Morgan fingerprint density at radius 3 is 2.46 bits per heavy atom. The normalized spacial score (nSPS) is 11.5. The van der Waals surface area contributed by atoms with E-state index in [9.17, 15) is 14.7 Å². The van der Waals surface area contributed by atoms with Crippen molar-refractivity contribution in [2.45, 2.75) is 25.8 Å². The Kier molecular flexibility index (Phi) is 7.02. The zero-order valence-corrected chi connectivity index (χ0v) is 14.9. The molecule has 0 heterocycles. The van der Waals surface area contributed by atoms with E-state index in [4.69, 9.17) is 9.47 Å². The summed E-state index contributed by atoms with van der Waals surface area (Å²) in [5.41, 5.74) is 1.05. The van der Waals surface area contributed by atoms with Crippen LogP contribution >= 0.6 is 0 Å². The predicted molar refractivity (Wildman–Crippen MR) is 95.1 cm³/mol. The fraction of sp³-hybridized carbons (Fsp3) is 0.300. The molecule has 0 saturated carbocycles. The van der Waals surface area contributed by atoms with Crippen LogP contribution in [0.25, 0.3) is 0 Å². The van der Waals surface area contributed by atoms with Gasteiger partial charge < -0.3 is 24.7 Å². The molecule has 138 valence electrons. The van der Waals surface area contributed by atoms with Gasteiger partial charge in [-0.3, -0.25) is 4.79 Å². The molecule has 0 saturated heterocycles. The van der Waals surface area contributed by atoms with Crippen LogP contribution in [0, 0.1) is 0 Å². The molecule has 2 aromatic rings. The maximum absolute atomic E-state index is 12.5. The number of benzene rings is 2. The van der Waals surface area contributed by atoms with Crippen LogP contribution in [0.4, 0.5) is 0 Å². The first kappa shape index (κ1) is 19.3. The SMILES string of the molecule is CCCOc1ccc(C(CC(=O)[O-])NC(=O)c2cccc(OC)c2)cc1. The smallest absolute Gasteiger partial charge is 0.251 e. The number of hydrogen-bond donors (Lipinski definition) is 1. The fourth-order valence-corrected chi connectivity index (χ4v) is 2.44. The number of carbonyl (C=O) groups is 2. The number of methoxy groups -OCH3 is 1. The minimum Gasteiger partial charge on any atom is -0.550 e. The van der Waals surface area contributed by atoms with Crippen LogP contribution in [0.2, 0.25) is 0 Å². The van der Waals surface area contributed by atoms with Crippen LogP contribution < -0.4 is 19.9 Å². The highest BCUT2D eigenvalue weighted by Crippen LogP contribution is 2.22. The maximum atomic E-state index is 12.5. The topological polar surface area (TPSA) is 87.7 Å². The number of hydrogen-bond acceptors (Lipinski definition) is 5. The summed E-state index contributed by atoms with van der Waals surface area (Å²) in [7, 11) is 1.51. The predicted octanol–water partition coefficient (Wildman–Crippen LogP) is 2.10. The monoisotopic (exact) mass is 356 g/mol. The minimum atomic E-state index is -1.24. The Hall–Kier alpha value is -3.02. The first-order valence-corrected chi connectivity index (χ1v) is 8.41. The molecular weight excluding hydrogens is 334 g/mol. The van der Waals surface area contributed by atoms with E-state index in [0.29, 0.717) is 29.2 Å². The molecule has 6 nitrogen and oxygen atoms in total. The Balaban J connectivity index is 2.15. The lowest BCUT2D eigenvalue weighted by Gasteiger charge is -2.20. The van der Waals surface area contributed by atoms with E-state index in [1.54, 1.807) is 48.5 Å². The number of carbonyl (C=O) groups excluding carboxylic acids is 2. The molecule has 0 aliphatic carbocycles. The molecule has 26 heavy (non-hydrogen) atoms. The second kappa shape index (κ2) is 9.46. The van der Waals surface area contributed by atoms with Crippen LogP contribution in [-0.2, 0) is 4.79 Å². The second-order valence-corrected chi connectivity index (χ2v) is 5.75. The van der Waals surface area contributed by atoms with Crippen LogP contribution in [0.15, 0.2) is 48.5 Å². The van der Waals surface area contributed by atoms with Gasteiger partial charge in [-0.25, -0.2) is 0 Å². The van der Waals surface area contributed by atoms with Gasteiger partial charge in [-0.15, -0.1) is 0 Å². The van der Waals surface area contributed by atoms with Gasteiger partial charge in [-0.1, -0.05) is 25.1 Å². The van der Waals surface area contributed by atoms with Crippen molar-refractivity contribution in [1.29, 1.82) is 0 Å². The van der Waals surface area contributed by atoms with Gasteiger partial charge in [0.2, 0.25) is 0 Å². The molecule has 0 aromatic heterocycles. The molecule has 1 N–H and O–H groups in total. The summed E-state index contributed by atoms with van der Waals surface area (Å²) < 4.78 is 10.6. The van der Waals surface area contributed by atoms with E-state index < -0.39 is 12.0 Å². The number of carboxylic acids is 1. The third-order valence-corrected chi connectivity index (χ3v) is 3.76. The number of nitrogens with one attached hydrogen (secondary N) is 1. The Morgan fingerprint density at radius 2 is 1.85 bits per heavy atom. The maximum Gasteiger partial charge on any atom is 0.251 e. The Morgan fingerprint density at radius 1 is 1.12 bits per heavy atom. The molecule has 0 aliphatic rings. The zero-order valence-electron chi connectivity index (χ0n) is 14.9. The van der Waals surface area contributed by atoms with E-state index >= 15 is 0 Å². The van der Waals surface area contributed by atoms with E-state index in [0.717, 1.165) is 6.42 Å². The molecule has 2 aromatic carbocycles. The lowest BCUT2D eigenvalue weighted by molar-refractivity contribution is -0.306. The third-order valence-electron chi connectivity index (χ3n) is 3.76. The Labute approximate surface area is 152 Å². The number of carboxylic acid groups (broad SMARTS) is 1. The molecule has 6 heteroatoms. The van der Waals surface area contributed by atoms with Crippen LogP contribution in [0.3, 0.4) is 0 Å². The van der Waals surface area contributed by atoms with Gasteiger partial charge >= 0.3 is 0 Å². The van der Waals surface area contributed by atoms with Gasteiger partial charge in [0, 0.05) is 18.0 Å². The summed E-state index contributed by atoms with van der Waals surface area (Å²) in [4.78, 5) is 23.6. The van der Waals surface area contributed by atoms with Gasteiger partial charge in [0.25, 0.3) is 5.91 Å². The van der Waals surface area contributed by atoms with E-state index in [1.807, 2.05) is 6.92 Å². The van der Waals surface area contributed by atoms with E-state index in [2.05, 4.69) is 5.32 Å². The Bertz CT molecular complexity index is 742. The minimum absolute atomic E-state index is 0.328. The van der Waals surface area contributed by atoms with Crippen molar-refractivity contribution in [2.24, 2.45) is 0 Å². The molecule has 0 aliphatic heterocycles. The largest absolute Gasteiger partial charge is 0.550 e. The van der Waals surface area contributed by atoms with Crippen LogP contribution in [0.5, 0.6) is 11.5 Å². The lowest BCUT2D eigenvalue weighted by atomic mass is 10.0. The number of aliphatic carboxylic acids is 1. The molecular formula is C20H22NO5-. The summed E-state index contributed by atoms with van der Waals surface area (Å²) in [6, 6.07) is 12.9. The summed E-state index contributed by atoms with van der Waals surface area (Å²) in [6.07, 6.45) is 0.566. The van der Waals surface area contributed by atoms with Gasteiger partial charge in [0.15, 0.2) is 0 Å². The molecule has 0 radical (unpaired) electrons. The first-order chi connectivity index (χ1) is 12.5. The molecule has 1 unspecified atom stereocenters. The van der Waals surface area contributed by atoms with Gasteiger partial charge in [-0.05, 0) is 42.3 Å². The number of amides is 1. The molecule has 0 bridgehead atoms.